The number of nitriles is 1. The number of esters is 1. The maximum Gasteiger partial charge on any atom is 0.325 e. The Labute approximate surface area is 115 Å². The number of nitrogens with zero attached hydrogens (tertiary/aromatic N) is 2. The lowest BCUT2D eigenvalue weighted by molar-refractivity contribution is -0.139. The van der Waals surface area contributed by atoms with Gasteiger partial charge >= 0.3 is 5.97 Å². The van der Waals surface area contributed by atoms with Gasteiger partial charge in [-0.2, -0.15) is 5.26 Å². The summed E-state index contributed by atoms with van der Waals surface area (Å²) in [6.45, 7) is 4.06. The number of anilines is 1. The maximum absolute atomic E-state index is 11.4. The van der Waals surface area contributed by atoms with E-state index in [0.717, 1.165) is 10.2 Å². The first-order chi connectivity index (χ1) is 8.49. The molecule has 0 spiro atoms. The molecule has 1 aromatic carbocycles. The van der Waals surface area contributed by atoms with E-state index >= 15 is 0 Å². The molecule has 1 rings (SSSR count). The van der Waals surface area contributed by atoms with Crippen molar-refractivity contribution in [2.24, 2.45) is 0 Å². The molecule has 0 aromatic heterocycles. The zero-order chi connectivity index (χ0) is 13.7. The summed E-state index contributed by atoms with van der Waals surface area (Å²) in [6.07, 6.45) is 0. The molecule has 0 aliphatic carbocycles. The Hall–Kier alpha value is -1.54. The molecule has 18 heavy (non-hydrogen) atoms. The highest BCUT2D eigenvalue weighted by Crippen LogP contribution is 2.25. The van der Waals surface area contributed by atoms with Crippen LogP contribution in [0.3, 0.4) is 0 Å². The molecule has 1 aromatic rings. The maximum atomic E-state index is 11.4. The van der Waals surface area contributed by atoms with E-state index in [-0.39, 0.29) is 18.6 Å². The molecule has 0 bridgehead atoms. The summed E-state index contributed by atoms with van der Waals surface area (Å²) in [7, 11) is 1.35. The summed E-state index contributed by atoms with van der Waals surface area (Å²) in [5, 5.41) is 9.15. The molecule has 4 nitrogen and oxygen atoms in total. The van der Waals surface area contributed by atoms with E-state index in [0.29, 0.717) is 5.56 Å². The number of methoxy groups -OCH3 is 1. The Morgan fingerprint density at radius 2 is 2.22 bits per heavy atom. The minimum Gasteiger partial charge on any atom is -0.468 e. The summed E-state index contributed by atoms with van der Waals surface area (Å²) in [6, 6.07) is 7.65. The number of carbonyl (C=O) groups is 1. The molecule has 0 aliphatic heterocycles. The molecule has 0 saturated carbocycles. The summed E-state index contributed by atoms with van der Waals surface area (Å²) in [5.74, 6) is -0.324. The Kier molecular flexibility index (Phi) is 5.17. The van der Waals surface area contributed by atoms with E-state index in [2.05, 4.69) is 26.7 Å². The third-order valence-electron chi connectivity index (χ3n) is 2.54. The fourth-order valence-corrected chi connectivity index (χ4v) is 1.96. The van der Waals surface area contributed by atoms with Crippen molar-refractivity contribution in [1.29, 1.82) is 5.26 Å². The van der Waals surface area contributed by atoms with Crippen LogP contribution in [-0.2, 0) is 9.53 Å². The van der Waals surface area contributed by atoms with Gasteiger partial charge in [-0.05, 0) is 32.0 Å². The van der Waals surface area contributed by atoms with Crippen LogP contribution in [0.1, 0.15) is 19.4 Å². The smallest absolute Gasteiger partial charge is 0.325 e. The first-order valence-corrected chi connectivity index (χ1v) is 6.32. The van der Waals surface area contributed by atoms with Crippen molar-refractivity contribution in [2.45, 2.75) is 19.9 Å². The van der Waals surface area contributed by atoms with Crippen molar-refractivity contribution >= 4 is 27.6 Å². The molecule has 0 amide bonds. The van der Waals surface area contributed by atoms with Gasteiger partial charge in [-0.3, -0.25) is 4.79 Å². The first-order valence-electron chi connectivity index (χ1n) is 5.52. The van der Waals surface area contributed by atoms with Crippen molar-refractivity contribution in [3.63, 3.8) is 0 Å². The SMILES string of the molecule is COC(=O)CN(c1ccc(Br)cc1C#N)C(C)C. The highest BCUT2D eigenvalue weighted by Gasteiger charge is 2.18. The van der Waals surface area contributed by atoms with Crippen molar-refractivity contribution in [3.05, 3.63) is 28.2 Å². The summed E-state index contributed by atoms with van der Waals surface area (Å²) < 4.78 is 5.51. The zero-order valence-electron chi connectivity index (χ0n) is 10.6. The van der Waals surface area contributed by atoms with Crippen molar-refractivity contribution in [3.8, 4) is 6.07 Å². The second-order valence-corrected chi connectivity index (χ2v) is 4.99. The van der Waals surface area contributed by atoms with Crippen LogP contribution < -0.4 is 4.90 Å². The van der Waals surface area contributed by atoms with Gasteiger partial charge in [0.25, 0.3) is 0 Å². The van der Waals surface area contributed by atoms with Crippen LogP contribution >= 0.6 is 15.9 Å². The molecule has 5 heteroatoms. The standard InChI is InChI=1S/C13H15BrN2O2/c1-9(2)16(8-13(17)18-3)12-5-4-11(14)6-10(12)7-15/h4-6,9H,8H2,1-3H3. The van der Waals surface area contributed by atoms with Gasteiger partial charge in [-0.1, -0.05) is 15.9 Å². The molecule has 0 atom stereocenters. The predicted molar refractivity (Wildman–Crippen MR) is 73.4 cm³/mol. The van der Waals surface area contributed by atoms with E-state index in [4.69, 9.17) is 5.26 Å². The van der Waals surface area contributed by atoms with Crippen LogP contribution in [0, 0.1) is 11.3 Å². The lowest BCUT2D eigenvalue weighted by Crippen LogP contribution is -2.36. The van der Waals surface area contributed by atoms with E-state index in [1.165, 1.54) is 7.11 Å². The monoisotopic (exact) mass is 310 g/mol. The summed E-state index contributed by atoms with van der Waals surface area (Å²) in [4.78, 5) is 13.3. The molecule has 0 aliphatic rings. The van der Waals surface area contributed by atoms with Crippen molar-refractivity contribution < 1.29 is 9.53 Å². The lowest BCUT2D eigenvalue weighted by atomic mass is 10.1. The van der Waals surface area contributed by atoms with Crippen molar-refractivity contribution in [2.75, 3.05) is 18.6 Å². The number of hydrogen-bond acceptors (Lipinski definition) is 4. The van der Waals surface area contributed by atoms with Crippen LogP contribution in [0.5, 0.6) is 0 Å². The molecule has 0 N–H and O–H groups in total. The summed E-state index contributed by atoms with van der Waals surface area (Å²) in [5.41, 5.74) is 1.27. The molecular weight excluding hydrogens is 296 g/mol. The quantitative estimate of drug-likeness (QED) is 0.802. The van der Waals surface area contributed by atoms with Gasteiger partial charge in [-0.15, -0.1) is 0 Å². The van der Waals surface area contributed by atoms with Crippen LogP contribution in [-0.4, -0.2) is 25.7 Å². The molecule has 0 heterocycles. The summed E-state index contributed by atoms with van der Waals surface area (Å²) >= 11 is 3.33. The minimum absolute atomic E-state index is 0.0948. The molecule has 0 fully saturated rings. The Bertz CT molecular complexity index is 480. The lowest BCUT2D eigenvalue weighted by Gasteiger charge is -2.28. The molecule has 0 radical (unpaired) electrons. The van der Waals surface area contributed by atoms with Gasteiger partial charge < -0.3 is 9.64 Å². The third kappa shape index (κ3) is 3.47. The molecule has 0 saturated heterocycles. The van der Waals surface area contributed by atoms with E-state index in [1.54, 1.807) is 6.07 Å². The zero-order valence-corrected chi connectivity index (χ0v) is 12.2. The van der Waals surface area contributed by atoms with Crippen LogP contribution in [0.4, 0.5) is 5.69 Å². The first kappa shape index (κ1) is 14.5. The second-order valence-electron chi connectivity index (χ2n) is 4.07. The average molecular weight is 311 g/mol. The highest BCUT2D eigenvalue weighted by atomic mass is 79.9. The van der Waals surface area contributed by atoms with Crippen LogP contribution in [0.15, 0.2) is 22.7 Å². The number of carbonyl (C=O) groups excluding carboxylic acids is 1. The number of rotatable bonds is 4. The topological polar surface area (TPSA) is 53.3 Å². The van der Waals surface area contributed by atoms with Gasteiger partial charge in [0, 0.05) is 10.5 Å². The highest BCUT2D eigenvalue weighted by molar-refractivity contribution is 9.10. The third-order valence-corrected chi connectivity index (χ3v) is 3.03. The van der Waals surface area contributed by atoms with E-state index in [1.807, 2.05) is 30.9 Å². The van der Waals surface area contributed by atoms with Crippen LogP contribution in [0.25, 0.3) is 0 Å². The number of halogens is 1. The van der Waals surface area contributed by atoms with E-state index < -0.39 is 0 Å². The van der Waals surface area contributed by atoms with Gasteiger partial charge in [0.2, 0.25) is 0 Å². The molecular formula is C13H15BrN2O2. The van der Waals surface area contributed by atoms with Gasteiger partial charge in [-0.25, -0.2) is 0 Å². The fourth-order valence-electron chi connectivity index (χ4n) is 1.60. The van der Waals surface area contributed by atoms with Crippen molar-refractivity contribution in [1.82, 2.24) is 0 Å². The largest absolute Gasteiger partial charge is 0.468 e. The number of benzene rings is 1. The average Bonchev–Trinajstić information content (AvgIpc) is 2.35. The van der Waals surface area contributed by atoms with Gasteiger partial charge in [0.05, 0.1) is 18.4 Å². The van der Waals surface area contributed by atoms with Gasteiger partial charge in [0.1, 0.15) is 12.6 Å². The van der Waals surface area contributed by atoms with Crippen LogP contribution in [0.2, 0.25) is 0 Å². The minimum atomic E-state index is -0.324. The number of hydrogen-bond donors (Lipinski definition) is 0. The molecule has 96 valence electrons. The number of ether oxygens (including phenoxy) is 1. The Balaban J connectivity index is 3.14. The van der Waals surface area contributed by atoms with E-state index in [9.17, 15) is 4.79 Å². The Morgan fingerprint density at radius 3 is 2.72 bits per heavy atom. The normalized spacial score (nSPS) is 10.0. The van der Waals surface area contributed by atoms with Gasteiger partial charge in [0.15, 0.2) is 0 Å². The fraction of sp³-hybridized carbons (Fsp3) is 0.385. The second kappa shape index (κ2) is 6.41. The molecule has 0 unspecified atom stereocenters. The predicted octanol–water partition coefficient (Wildman–Crippen LogP) is 2.71. The Morgan fingerprint density at radius 1 is 1.56 bits per heavy atom.